The first-order valence-corrected chi connectivity index (χ1v) is 5.64. The second kappa shape index (κ2) is 6.40. The lowest BCUT2D eigenvalue weighted by molar-refractivity contribution is 0.111. The molecular formula is C12H20N2O. The van der Waals surface area contributed by atoms with E-state index >= 15 is 0 Å². The maximum Gasteiger partial charge on any atom is 0.166 e. The van der Waals surface area contributed by atoms with Gasteiger partial charge >= 0.3 is 0 Å². The van der Waals surface area contributed by atoms with Gasteiger partial charge in [0.2, 0.25) is 0 Å². The minimum absolute atomic E-state index is 0.766. The van der Waals surface area contributed by atoms with Crippen LogP contribution in [0.3, 0.4) is 0 Å². The van der Waals surface area contributed by atoms with Crippen LogP contribution in [0.4, 0.5) is 0 Å². The molecule has 0 aromatic carbocycles. The number of likely N-dealkylation sites (N-methyl/N-ethyl adjacent to an activating group) is 1. The Morgan fingerprint density at radius 1 is 1.40 bits per heavy atom. The highest BCUT2D eigenvalue weighted by molar-refractivity contribution is 5.72. The van der Waals surface area contributed by atoms with Crippen molar-refractivity contribution in [3.05, 3.63) is 24.0 Å². The first-order valence-electron chi connectivity index (χ1n) is 5.64. The van der Waals surface area contributed by atoms with Crippen molar-refractivity contribution in [2.24, 2.45) is 0 Å². The van der Waals surface area contributed by atoms with Crippen molar-refractivity contribution in [1.82, 2.24) is 9.47 Å². The van der Waals surface area contributed by atoms with Crippen LogP contribution in [0.1, 0.15) is 30.8 Å². The maximum atomic E-state index is 10.7. The summed E-state index contributed by atoms with van der Waals surface area (Å²) in [5.41, 5.74) is 0.766. The van der Waals surface area contributed by atoms with E-state index in [0.29, 0.717) is 0 Å². The number of nitrogens with zero attached hydrogens (tertiary/aromatic N) is 2. The van der Waals surface area contributed by atoms with E-state index in [-0.39, 0.29) is 0 Å². The minimum atomic E-state index is 0.766. The second-order valence-electron chi connectivity index (χ2n) is 3.68. The summed E-state index contributed by atoms with van der Waals surface area (Å²) in [6.07, 6.45) is 4.06. The fourth-order valence-corrected chi connectivity index (χ4v) is 1.73. The highest BCUT2D eigenvalue weighted by Gasteiger charge is 2.03. The summed E-state index contributed by atoms with van der Waals surface area (Å²) >= 11 is 0. The number of aldehydes is 1. The van der Waals surface area contributed by atoms with Crippen LogP contribution in [0.2, 0.25) is 0 Å². The topological polar surface area (TPSA) is 25.2 Å². The monoisotopic (exact) mass is 208 g/mol. The zero-order valence-corrected chi connectivity index (χ0v) is 9.65. The molecule has 0 N–H and O–H groups in total. The Morgan fingerprint density at radius 2 is 2.20 bits per heavy atom. The van der Waals surface area contributed by atoms with Gasteiger partial charge in [-0.3, -0.25) is 4.79 Å². The standard InChI is InChI=1S/C12H20N2O/c1-3-7-13(4-2)9-10-14-8-5-6-12(14)11-15/h5-6,8,11H,3-4,7,9-10H2,1-2H3. The largest absolute Gasteiger partial charge is 0.344 e. The van der Waals surface area contributed by atoms with Crippen molar-refractivity contribution in [3.8, 4) is 0 Å². The molecule has 1 heterocycles. The molecule has 84 valence electrons. The number of rotatable bonds is 7. The van der Waals surface area contributed by atoms with Gasteiger partial charge in [-0.1, -0.05) is 13.8 Å². The zero-order valence-electron chi connectivity index (χ0n) is 9.65. The molecule has 0 atom stereocenters. The Kier molecular flexibility index (Phi) is 5.12. The first kappa shape index (κ1) is 12.0. The Labute approximate surface area is 91.7 Å². The molecule has 15 heavy (non-hydrogen) atoms. The molecule has 0 unspecified atom stereocenters. The van der Waals surface area contributed by atoms with Crippen LogP contribution in [0.5, 0.6) is 0 Å². The van der Waals surface area contributed by atoms with Gasteiger partial charge in [-0.25, -0.2) is 0 Å². The van der Waals surface area contributed by atoms with Gasteiger partial charge in [0.05, 0.1) is 5.69 Å². The van der Waals surface area contributed by atoms with E-state index in [9.17, 15) is 4.79 Å². The van der Waals surface area contributed by atoms with Gasteiger partial charge in [0.15, 0.2) is 6.29 Å². The summed E-state index contributed by atoms with van der Waals surface area (Å²) < 4.78 is 2.01. The maximum absolute atomic E-state index is 10.7. The molecule has 3 heteroatoms. The predicted molar refractivity (Wildman–Crippen MR) is 62.2 cm³/mol. The summed E-state index contributed by atoms with van der Waals surface area (Å²) in [5, 5.41) is 0. The van der Waals surface area contributed by atoms with Crippen LogP contribution in [-0.4, -0.2) is 35.4 Å². The molecule has 0 amide bonds. The summed E-state index contributed by atoms with van der Waals surface area (Å²) in [6.45, 7) is 8.48. The molecule has 3 nitrogen and oxygen atoms in total. The van der Waals surface area contributed by atoms with E-state index in [4.69, 9.17) is 0 Å². The van der Waals surface area contributed by atoms with Crippen molar-refractivity contribution in [2.75, 3.05) is 19.6 Å². The van der Waals surface area contributed by atoms with E-state index in [1.165, 1.54) is 6.42 Å². The first-order chi connectivity index (χ1) is 7.31. The van der Waals surface area contributed by atoms with Crippen molar-refractivity contribution in [3.63, 3.8) is 0 Å². The van der Waals surface area contributed by atoms with Crippen molar-refractivity contribution in [2.45, 2.75) is 26.8 Å². The van der Waals surface area contributed by atoms with Crippen LogP contribution >= 0.6 is 0 Å². The predicted octanol–water partition coefficient (Wildman–Crippen LogP) is 2.03. The third-order valence-electron chi connectivity index (χ3n) is 2.63. The Bertz CT molecular complexity index is 294. The van der Waals surface area contributed by atoms with Gasteiger partial charge in [-0.2, -0.15) is 0 Å². The SMILES string of the molecule is CCCN(CC)CCn1cccc1C=O. The van der Waals surface area contributed by atoms with Gasteiger partial charge in [-0.15, -0.1) is 0 Å². The number of carbonyl (C=O) groups excluding carboxylic acids is 1. The van der Waals surface area contributed by atoms with Gasteiger partial charge in [0, 0.05) is 19.3 Å². The average Bonchev–Trinajstić information content (AvgIpc) is 2.71. The molecule has 0 aliphatic heterocycles. The Balaban J connectivity index is 2.44. The summed E-state index contributed by atoms with van der Waals surface area (Å²) in [4.78, 5) is 13.1. The molecule has 0 radical (unpaired) electrons. The molecular weight excluding hydrogens is 188 g/mol. The van der Waals surface area contributed by atoms with Crippen molar-refractivity contribution in [1.29, 1.82) is 0 Å². The third-order valence-corrected chi connectivity index (χ3v) is 2.63. The fraction of sp³-hybridized carbons (Fsp3) is 0.583. The molecule has 0 aliphatic carbocycles. The zero-order chi connectivity index (χ0) is 11.1. The smallest absolute Gasteiger partial charge is 0.166 e. The highest BCUT2D eigenvalue weighted by Crippen LogP contribution is 2.00. The molecule has 0 aliphatic rings. The fourth-order valence-electron chi connectivity index (χ4n) is 1.73. The van der Waals surface area contributed by atoms with E-state index in [1.54, 1.807) is 0 Å². The van der Waals surface area contributed by atoms with Crippen LogP contribution in [0.15, 0.2) is 18.3 Å². The van der Waals surface area contributed by atoms with E-state index in [1.807, 2.05) is 22.9 Å². The average molecular weight is 208 g/mol. The van der Waals surface area contributed by atoms with Gasteiger partial charge in [-0.05, 0) is 31.6 Å². The Morgan fingerprint density at radius 3 is 2.80 bits per heavy atom. The van der Waals surface area contributed by atoms with E-state index < -0.39 is 0 Å². The molecule has 1 aromatic heterocycles. The van der Waals surface area contributed by atoms with Gasteiger partial charge in [0.25, 0.3) is 0 Å². The van der Waals surface area contributed by atoms with Crippen molar-refractivity contribution >= 4 is 6.29 Å². The van der Waals surface area contributed by atoms with E-state index in [2.05, 4.69) is 18.7 Å². The normalized spacial score (nSPS) is 10.9. The Hall–Kier alpha value is -1.09. The molecule has 0 fully saturated rings. The van der Waals surface area contributed by atoms with Gasteiger partial charge < -0.3 is 9.47 Å². The lowest BCUT2D eigenvalue weighted by Gasteiger charge is -2.19. The van der Waals surface area contributed by atoms with Crippen LogP contribution in [0.25, 0.3) is 0 Å². The highest BCUT2D eigenvalue weighted by atomic mass is 16.1. The number of hydrogen-bond donors (Lipinski definition) is 0. The van der Waals surface area contributed by atoms with Gasteiger partial charge in [0.1, 0.15) is 0 Å². The second-order valence-corrected chi connectivity index (χ2v) is 3.68. The summed E-state index contributed by atoms with van der Waals surface area (Å²) in [7, 11) is 0. The van der Waals surface area contributed by atoms with Crippen LogP contribution in [0, 0.1) is 0 Å². The quantitative estimate of drug-likeness (QED) is 0.641. The minimum Gasteiger partial charge on any atom is -0.344 e. The number of aromatic nitrogens is 1. The number of carbonyl (C=O) groups is 1. The van der Waals surface area contributed by atoms with E-state index in [0.717, 1.165) is 38.2 Å². The molecule has 1 aromatic rings. The van der Waals surface area contributed by atoms with Crippen LogP contribution in [-0.2, 0) is 6.54 Å². The summed E-state index contributed by atoms with van der Waals surface area (Å²) in [6, 6.07) is 3.77. The number of hydrogen-bond acceptors (Lipinski definition) is 2. The molecule has 0 bridgehead atoms. The lowest BCUT2D eigenvalue weighted by atomic mass is 10.4. The lowest BCUT2D eigenvalue weighted by Crippen LogP contribution is -2.28. The molecule has 1 rings (SSSR count). The van der Waals surface area contributed by atoms with Crippen LogP contribution < -0.4 is 0 Å². The summed E-state index contributed by atoms with van der Waals surface area (Å²) in [5.74, 6) is 0. The molecule has 0 saturated carbocycles. The van der Waals surface area contributed by atoms with Crippen molar-refractivity contribution < 1.29 is 4.79 Å². The third kappa shape index (κ3) is 3.51. The molecule has 0 saturated heterocycles. The molecule has 0 spiro atoms.